The fourth-order valence-corrected chi connectivity index (χ4v) is 1.82. The number of rotatable bonds is 3. The van der Waals surface area contributed by atoms with Gasteiger partial charge in [0.15, 0.2) is 5.71 Å². The van der Waals surface area contributed by atoms with Gasteiger partial charge in [-0.25, -0.2) is 0 Å². The van der Waals surface area contributed by atoms with Crippen molar-refractivity contribution < 1.29 is 13.2 Å². The number of hydrogen-bond acceptors (Lipinski definition) is 2. The molecule has 20 heavy (non-hydrogen) atoms. The van der Waals surface area contributed by atoms with Gasteiger partial charge in [0.2, 0.25) is 0 Å². The van der Waals surface area contributed by atoms with E-state index in [4.69, 9.17) is 0 Å². The fraction of sp³-hybridized carbons (Fsp3) is 0.143. The molecule has 0 N–H and O–H groups in total. The zero-order valence-corrected chi connectivity index (χ0v) is 11.8. The lowest BCUT2D eigenvalue weighted by Gasteiger charge is -2.10. The molecule has 104 valence electrons. The Morgan fingerprint density at radius 1 is 1.10 bits per heavy atom. The molecule has 0 bridgehead atoms. The second kappa shape index (κ2) is 6.17. The van der Waals surface area contributed by atoms with Gasteiger partial charge in [-0.3, -0.25) is 9.98 Å². The molecule has 0 atom stereocenters. The van der Waals surface area contributed by atoms with Crippen LogP contribution in [0.5, 0.6) is 0 Å². The summed E-state index contributed by atoms with van der Waals surface area (Å²) in [4.78, 5) is 7.44. The Labute approximate surface area is 122 Å². The summed E-state index contributed by atoms with van der Waals surface area (Å²) in [6.45, 7) is -0.0343. The summed E-state index contributed by atoms with van der Waals surface area (Å²) in [5, 5.41) is 0. The molecular formula is C14H10BrF3N2. The predicted molar refractivity (Wildman–Crippen MR) is 74.7 cm³/mol. The topological polar surface area (TPSA) is 25.2 Å². The zero-order valence-electron chi connectivity index (χ0n) is 10.2. The van der Waals surface area contributed by atoms with E-state index in [0.717, 1.165) is 0 Å². The van der Waals surface area contributed by atoms with Crippen molar-refractivity contribution in [1.29, 1.82) is 0 Å². The molecule has 6 heteroatoms. The van der Waals surface area contributed by atoms with E-state index >= 15 is 0 Å². The van der Waals surface area contributed by atoms with Crippen LogP contribution in [-0.2, 0) is 6.54 Å². The number of alkyl halides is 3. The van der Waals surface area contributed by atoms with E-state index < -0.39 is 11.9 Å². The van der Waals surface area contributed by atoms with Crippen molar-refractivity contribution in [2.24, 2.45) is 4.99 Å². The van der Waals surface area contributed by atoms with E-state index in [0.29, 0.717) is 10.0 Å². The Morgan fingerprint density at radius 3 is 2.35 bits per heavy atom. The Kier molecular flexibility index (Phi) is 4.54. The first-order chi connectivity index (χ1) is 9.47. The van der Waals surface area contributed by atoms with Gasteiger partial charge < -0.3 is 0 Å². The fourth-order valence-electron chi connectivity index (χ4n) is 1.59. The number of aromatic nitrogens is 1. The molecule has 0 aliphatic rings. The van der Waals surface area contributed by atoms with Gasteiger partial charge in [0, 0.05) is 10.7 Å². The van der Waals surface area contributed by atoms with Crippen LogP contribution in [0.15, 0.2) is 58.1 Å². The van der Waals surface area contributed by atoms with Gasteiger partial charge in [0.1, 0.15) is 0 Å². The summed E-state index contributed by atoms with van der Waals surface area (Å²) in [7, 11) is 0. The molecule has 0 unspecified atom stereocenters. The highest BCUT2D eigenvalue weighted by Crippen LogP contribution is 2.23. The summed E-state index contributed by atoms with van der Waals surface area (Å²) < 4.78 is 39.7. The number of pyridine rings is 1. The Hall–Kier alpha value is -1.69. The zero-order chi connectivity index (χ0) is 14.6. The first-order valence-corrected chi connectivity index (χ1v) is 6.53. The van der Waals surface area contributed by atoms with Crippen LogP contribution < -0.4 is 0 Å². The third-order valence-electron chi connectivity index (χ3n) is 2.50. The van der Waals surface area contributed by atoms with Gasteiger partial charge in [0.05, 0.1) is 12.2 Å². The highest BCUT2D eigenvalue weighted by atomic mass is 79.9. The number of aliphatic imine (C=N–C) groups is 1. The molecule has 2 aromatic rings. The normalized spacial score (nSPS) is 12.5. The van der Waals surface area contributed by atoms with E-state index in [-0.39, 0.29) is 12.2 Å². The molecule has 0 fully saturated rings. The molecular weight excluding hydrogens is 333 g/mol. The molecule has 0 radical (unpaired) electrons. The van der Waals surface area contributed by atoms with Crippen LogP contribution in [0.4, 0.5) is 13.2 Å². The van der Waals surface area contributed by atoms with Crippen LogP contribution in [-0.4, -0.2) is 16.9 Å². The minimum atomic E-state index is -4.53. The minimum absolute atomic E-state index is 0.0343. The van der Waals surface area contributed by atoms with Crippen molar-refractivity contribution in [2.45, 2.75) is 12.7 Å². The van der Waals surface area contributed by atoms with E-state index in [1.165, 1.54) is 18.3 Å². The number of halogens is 4. The van der Waals surface area contributed by atoms with Crippen molar-refractivity contribution in [3.8, 4) is 0 Å². The highest BCUT2D eigenvalue weighted by Gasteiger charge is 2.37. The maximum absolute atomic E-state index is 13.0. The first kappa shape index (κ1) is 14.7. The van der Waals surface area contributed by atoms with Crippen molar-refractivity contribution >= 4 is 21.6 Å². The smallest absolute Gasteiger partial charge is 0.274 e. The number of hydrogen-bond donors (Lipinski definition) is 0. The summed E-state index contributed by atoms with van der Waals surface area (Å²) in [5.41, 5.74) is -0.433. The van der Waals surface area contributed by atoms with Gasteiger partial charge in [-0.1, -0.05) is 30.3 Å². The molecule has 0 aliphatic heterocycles. The molecule has 0 spiro atoms. The SMILES string of the molecule is FC(F)(F)C(=NCc1ccccc1)c1ccc(Br)cn1. The van der Waals surface area contributed by atoms with E-state index in [1.54, 1.807) is 30.3 Å². The molecule has 2 nitrogen and oxygen atoms in total. The van der Waals surface area contributed by atoms with Crippen LogP contribution in [0.2, 0.25) is 0 Å². The standard InChI is InChI=1S/C14H10BrF3N2/c15-11-6-7-12(19-9-11)13(14(16,17)18)20-8-10-4-2-1-3-5-10/h1-7,9H,8H2. The lowest BCUT2D eigenvalue weighted by Crippen LogP contribution is -2.25. The summed E-state index contributed by atoms with van der Waals surface area (Å²) in [6, 6.07) is 11.6. The van der Waals surface area contributed by atoms with Crippen LogP contribution in [0.25, 0.3) is 0 Å². The second-order valence-electron chi connectivity index (χ2n) is 4.01. The molecule has 1 aromatic heterocycles. The monoisotopic (exact) mass is 342 g/mol. The molecule has 2 rings (SSSR count). The number of benzene rings is 1. The van der Waals surface area contributed by atoms with Gasteiger partial charge in [-0.15, -0.1) is 0 Å². The van der Waals surface area contributed by atoms with Gasteiger partial charge in [0.25, 0.3) is 0 Å². The second-order valence-corrected chi connectivity index (χ2v) is 4.93. The molecule has 0 saturated heterocycles. The van der Waals surface area contributed by atoms with E-state index in [2.05, 4.69) is 25.9 Å². The molecule has 0 amide bonds. The van der Waals surface area contributed by atoms with Crippen molar-refractivity contribution in [2.75, 3.05) is 0 Å². The summed E-state index contributed by atoms with van der Waals surface area (Å²) in [5.74, 6) is 0. The van der Waals surface area contributed by atoms with Crippen molar-refractivity contribution in [3.05, 3.63) is 64.4 Å². The summed E-state index contributed by atoms with van der Waals surface area (Å²) in [6.07, 6.45) is -3.21. The quantitative estimate of drug-likeness (QED) is 0.759. The molecule has 1 heterocycles. The average molecular weight is 343 g/mol. The van der Waals surface area contributed by atoms with Crippen molar-refractivity contribution in [3.63, 3.8) is 0 Å². The average Bonchev–Trinajstić information content (AvgIpc) is 2.41. The third-order valence-corrected chi connectivity index (χ3v) is 2.97. The van der Waals surface area contributed by atoms with E-state index in [9.17, 15) is 13.2 Å². The molecule has 1 aromatic carbocycles. The van der Waals surface area contributed by atoms with Gasteiger partial charge >= 0.3 is 6.18 Å². The maximum Gasteiger partial charge on any atom is 0.435 e. The summed E-state index contributed by atoms with van der Waals surface area (Å²) >= 11 is 3.14. The molecule has 0 aliphatic carbocycles. The highest BCUT2D eigenvalue weighted by molar-refractivity contribution is 9.10. The Morgan fingerprint density at radius 2 is 1.80 bits per heavy atom. The molecule has 0 saturated carbocycles. The van der Waals surface area contributed by atoms with Crippen LogP contribution >= 0.6 is 15.9 Å². The van der Waals surface area contributed by atoms with Crippen LogP contribution in [0.1, 0.15) is 11.3 Å². The first-order valence-electron chi connectivity index (χ1n) is 5.74. The Bertz CT molecular complexity index is 592. The number of nitrogens with zero attached hydrogens (tertiary/aromatic N) is 2. The lowest BCUT2D eigenvalue weighted by molar-refractivity contribution is -0.0584. The van der Waals surface area contributed by atoms with Crippen LogP contribution in [0, 0.1) is 0 Å². The minimum Gasteiger partial charge on any atom is -0.274 e. The van der Waals surface area contributed by atoms with Gasteiger partial charge in [-0.05, 0) is 33.6 Å². The van der Waals surface area contributed by atoms with E-state index in [1.807, 2.05) is 0 Å². The third kappa shape index (κ3) is 3.90. The predicted octanol–water partition coefficient (Wildman–Crippen LogP) is 4.40. The lowest BCUT2D eigenvalue weighted by atomic mass is 10.2. The van der Waals surface area contributed by atoms with Crippen molar-refractivity contribution in [1.82, 2.24) is 4.98 Å². The van der Waals surface area contributed by atoms with Gasteiger partial charge in [-0.2, -0.15) is 13.2 Å². The largest absolute Gasteiger partial charge is 0.435 e. The Balaban J connectivity index is 2.31. The van der Waals surface area contributed by atoms with Crippen LogP contribution in [0.3, 0.4) is 0 Å². The maximum atomic E-state index is 13.0.